The summed E-state index contributed by atoms with van der Waals surface area (Å²) < 4.78 is 5.10. The highest BCUT2D eigenvalue weighted by Gasteiger charge is 2.14. The fraction of sp³-hybridized carbons (Fsp3) is 0.235. The maximum Gasteiger partial charge on any atom is 0.234 e. The highest BCUT2D eigenvalue weighted by atomic mass is 32.2. The third-order valence-electron chi connectivity index (χ3n) is 3.13. The Morgan fingerprint density at radius 2 is 2.21 bits per heavy atom. The molecule has 1 amide bonds. The fourth-order valence-electron chi connectivity index (χ4n) is 2.10. The molecule has 0 unspecified atom stereocenters. The lowest BCUT2D eigenvalue weighted by molar-refractivity contribution is -0.113. The molecule has 0 radical (unpaired) electrons. The van der Waals surface area contributed by atoms with Crippen LogP contribution in [0, 0.1) is 18.3 Å². The molecule has 24 heavy (non-hydrogen) atoms. The Labute approximate surface area is 144 Å². The summed E-state index contributed by atoms with van der Waals surface area (Å²) in [5, 5.41) is 22.2. The van der Waals surface area contributed by atoms with Crippen molar-refractivity contribution in [3.63, 3.8) is 0 Å². The number of aromatic nitrogens is 1. The van der Waals surface area contributed by atoms with Gasteiger partial charge in [-0.1, -0.05) is 23.9 Å². The van der Waals surface area contributed by atoms with Gasteiger partial charge in [0.1, 0.15) is 16.8 Å². The molecule has 124 valence electrons. The monoisotopic (exact) mass is 343 g/mol. The molecule has 2 N–H and O–H groups in total. The highest BCUT2D eigenvalue weighted by Crippen LogP contribution is 2.26. The van der Waals surface area contributed by atoms with Crippen LogP contribution < -0.4 is 5.32 Å². The highest BCUT2D eigenvalue weighted by molar-refractivity contribution is 8.00. The maximum absolute atomic E-state index is 12.1. The molecule has 2 rings (SSSR count). The van der Waals surface area contributed by atoms with Crippen molar-refractivity contribution in [3.05, 3.63) is 47.2 Å². The molecule has 0 aliphatic carbocycles. The second-order valence-corrected chi connectivity index (χ2v) is 5.97. The number of amides is 1. The predicted octanol–water partition coefficient (Wildman–Crippen LogP) is 2.84. The van der Waals surface area contributed by atoms with Gasteiger partial charge in [0, 0.05) is 12.8 Å². The van der Waals surface area contributed by atoms with Gasteiger partial charge in [-0.2, -0.15) is 5.26 Å². The number of para-hydroxylation sites is 2. The number of pyridine rings is 1. The van der Waals surface area contributed by atoms with Crippen molar-refractivity contribution in [2.75, 3.05) is 18.2 Å². The topological polar surface area (TPSA) is 95.2 Å². The van der Waals surface area contributed by atoms with Crippen molar-refractivity contribution < 1.29 is 14.6 Å². The van der Waals surface area contributed by atoms with E-state index in [2.05, 4.69) is 16.4 Å². The number of phenols is 1. The van der Waals surface area contributed by atoms with Gasteiger partial charge in [-0.05, 0) is 30.7 Å². The second kappa shape index (κ2) is 8.34. The van der Waals surface area contributed by atoms with Crippen LogP contribution in [0.15, 0.2) is 35.4 Å². The van der Waals surface area contributed by atoms with Gasteiger partial charge in [-0.15, -0.1) is 0 Å². The van der Waals surface area contributed by atoms with E-state index in [0.717, 1.165) is 11.3 Å². The summed E-state index contributed by atoms with van der Waals surface area (Å²) in [7, 11) is 1.56. The number of ether oxygens (including phenoxy) is 1. The van der Waals surface area contributed by atoms with E-state index < -0.39 is 0 Å². The Kier molecular flexibility index (Phi) is 6.18. The first kappa shape index (κ1) is 17.8. The van der Waals surface area contributed by atoms with E-state index in [-0.39, 0.29) is 17.4 Å². The van der Waals surface area contributed by atoms with E-state index in [1.165, 1.54) is 17.8 Å². The van der Waals surface area contributed by atoms with Gasteiger partial charge in [0.05, 0.1) is 23.6 Å². The largest absolute Gasteiger partial charge is 0.506 e. The number of carbonyl (C=O) groups excluding carboxylic acids is 1. The van der Waals surface area contributed by atoms with Crippen LogP contribution in [0.1, 0.15) is 16.8 Å². The number of rotatable bonds is 6. The number of carbonyl (C=O) groups is 1. The lowest BCUT2D eigenvalue weighted by Gasteiger charge is -2.10. The van der Waals surface area contributed by atoms with E-state index in [1.807, 2.05) is 6.92 Å². The number of hydrogen-bond acceptors (Lipinski definition) is 6. The summed E-state index contributed by atoms with van der Waals surface area (Å²) in [6.45, 7) is 2.14. The molecule has 0 saturated carbocycles. The van der Waals surface area contributed by atoms with Gasteiger partial charge in [-0.3, -0.25) is 4.79 Å². The van der Waals surface area contributed by atoms with E-state index in [4.69, 9.17) is 4.74 Å². The van der Waals surface area contributed by atoms with Gasteiger partial charge in [0.25, 0.3) is 0 Å². The molecule has 2 aromatic rings. The Bertz CT molecular complexity index is 787. The number of benzene rings is 1. The zero-order valence-electron chi connectivity index (χ0n) is 13.4. The number of nitriles is 1. The van der Waals surface area contributed by atoms with Crippen LogP contribution >= 0.6 is 11.8 Å². The number of aryl methyl sites for hydroxylation is 1. The predicted molar refractivity (Wildman–Crippen MR) is 91.9 cm³/mol. The van der Waals surface area contributed by atoms with E-state index >= 15 is 0 Å². The van der Waals surface area contributed by atoms with Crippen LogP contribution in [0.3, 0.4) is 0 Å². The molecule has 0 atom stereocenters. The second-order valence-electron chi connectivity index (χ2n) is 5.00. The van der Waals surface area contributed by atoms with Gasteiger partial charge < -0.3 is 15.2 Å². The molecule has 0 spiro atoms. The number of nitrogens with zero attached hydrogens (tertiary/aromatic N) is 2. The average Bonchev–Trinajstić information content (AvgIpc) is 2.55. The van der Waals surface area contributed by atoms with Crippen molar-refractivity contribution in [3.8, 4) is 11.8 Å². The number of anilines is 1. The summed E-state index contributed by atoms with van der Waals surface area (Å²) in [5.74, 6) is -0.210. The molecule has 7 heteroatoms. The molecule has 1 aromatic carbocycles. The van der Waals surface area contributed by atoms with Crippen molar-refractivity contribution >= 4 is 23.4 Å². The normalized spacial score (nSPS) is 10.2. The zero-order chi connectivity index (χ0) is 17.5. The Morgan fingerprint density at radius 3 is 2.88 bits per heavy atom. The Morgan fingerprint density at radius 1 is 1.46 bits per heavy atom. The molecule has 1 aromatic heterocycles. The van der Waals surface area contributed by atoms with Gasteiger partial charge >= 0.3 is 0 Å². The molecule has 0 aliphatic heterocycles. The Balaban J connectivity index is 2.10. The average molecular weight is 343 g/mol. The van der Waals surface area contributed by atoms with Crippen LogP contribution in [-0.2, 0) is 16.1 Å². The first-order valence-corrected chi connectivity index (χ1v) is 8.14. The first-order valence-electron chi connectivity index (χ1n) is 7.15. The number of hydrogen-bond donors (Lipinski definition) is 2. The van der Waals surface area contributed by atoms with Crippen LogP contribution in [0.25, 0.3) is 0 Å². The SMILES string of the molecule is COCc1cc(C)nc(SCC(=O)Nc2ccccc2O)c1C#N. The minimum Gasteiger partial charge on any atom is -0.506 e. The van der Waals surface area contributed by atoms with Crippen LogP contribution in [0.2, 0.25) is 0 Å². The molecule has 0 aliphatic rings. The zero-order valence-corrected chi connectivity index (χ0v) is 14.2. The van der Waals surface area contributed by atoms with E-state index in [9.17, 15) is 15.2 Å². The number of thioether (sulfide) groups is 1. The molecular weight excluding hydrogens is 326 g/mol. The smallest absolute Gasteiger partial charge is 0.234 e. The van der Waals surface area contributed by atoms with Crippen molar-refractivity contribution in [1.29, 1.82) is 5.26 Å². The van der Waals surface area contributed by atoms with Crippen LogP contribution in [0.5, 0.6) is 5.75 Å². The number of methoxy groups -OCH3 is 1. The first-order chi connectivity index (χ1) is 11.5. The third-order valence-corrected chi connectivity index (χ3v) is 4.10. The summed E-state index contributed by atoms with van der Waals surface area (Å²) >= 11 is 1.18. The number of phenolic OH excluding ortho intramolecular Hbond substituents is 1. The lowest BCUT2D eigenvalue weighted by Crippen LogP contribution is -2.14. The Hall–Kier alpha value is -2.56. The van der Waals surface area contributed by atoms with E-state index in [0.29, 0.717) is 22.9 Å². The molecule has 0 bridgehead atoms. The molecule has 0 fully saturated rings. The minimum absolute atomic E-state index is 0.00428. The molecule has 0 saturated heterocycles. The quantitative estimate of drug-likeness (QED) is 0.618. The molecular formula is C17H17N3O3S. The van der Waals surface area contributed by atoms with Crippen LogP contribution in [0.4, 0.5) is 5.69 Å². The summed E-state index contributed by atoms with van der Waals surface area (Å²) in [6, 6.07) is 10.4. The summed E-state index contributed by atoms with van der Waals surface area (Å²) in [4.78, 5) is 16.4. The fourth-order valence-corrected chi connectivity index (χ4v) is 2.97. The number of nitrogens with one attached hydrogen (secondary N) is 1. The molecule has 6 nitrogen and oxygen atoms in total. The summed E-state index contributed by atoms with van der Waals surface area (Å²) in [6.07, 6.45) is 0. The maximum atomic E-state index is 12.1. The number of aromatic hydroxyl groups is 1. The molecule has 1 heterocycles. The van der Waals surface area contributed by atoms with Crippen molar-refractivity contribution in [1.82, 2.24) is 4.98 Å². The van der Waals surface area contributed by atoms with E-state index in [1.54, 1.807) is 31.4 Å². The summed E-state index contributed by atoms with van der Waals surface area (Å²) in [5.41, 5.74) is 2.27. The van der Waals surface area contributed by atoms with Gasteiger partial charge in [0.2, 0.25) is 5.91 Å². The van der Waals surface area contributed by atoms with Crippen molar-refractivity contribution in [2.45, 2.75) is 18.6 Å². The minimum atomic E-state index is -0.290. The van der Waals surface area contributed by atoms with Gasteiger partial charge in [0.15, 0.2) is 0 Å². The van der Waals surface area contributed by atoms with Crippen LogP contribution in [-0.4, -0.2) is 28.9 Å². The van der Waals surface area contributed by atoms with Gasteiger partial charge in [-0.25, -0.2) is 4.98 Å². The van der Waals surface area contributed by atoms with Crippen molar-refractivity contribution in [2.24, 2.45) is 0 Å². The lowest BCUT2D eigenvalue weighted by atomic mass is 10.1. The standard InChI is InChI=1S/C17H17N3O3S/c1-11-7-12(9-23-2)13(8-18)17(19-11)24-10-16(22)20-14-5-3-4-6-15(14)21/h3-7,21H,9-10H2,1-2H3,(H,20,22). The third kappa shape index (κ3) is 4.47.